The highest BCUT2D eigenvalue weighted by Crippen LogP contribution is 2.43. The number of ether oxygens (including phenoxy) is 1. The first-order chi connectivity index (χ1) is 16.9. The number of aromatic nitrogens is 1. The van der Waals surface area contributed by atoms with Crippen molar-refractivity contribution in [1.82, 2.24) is 9.58 Å². The molecule has 2 bridgehead atoms. The van der Waals surface area contributed by atoms with Crippen molar-refractivity contribution < 1.29 is 19.0 Å². The maximum atomic E-state index is 15.2. The molecule has 2 aromatic carbocycles. The molecule has 0 spiro atoms. The average Bonchev–Trinajstić information content (AvgIpc) is 2.89. The molecule has 1 N–H and O–H groups in total. The Morgan fingerprint density at radius 2 is 1.89 bits per heavy atom. The number of nitrogens with zero attached hydrogens (tertiary/aromatic N) is 3. The summed E-state index contributed by atoms with van der Waals surface area (Å²) in [6, 6.07) is 15.2. The molecule has 0 aliphatic carbocycles. The lowest BCUT2D eigenvalue weighted by Crippen LogP contribution is -2.63. The zero-order chi connectivity index (χ0) is 24.7. The second-order valence-corrected chi connectivity index (χ2v) is 8.81. The zero-order valence-corrected chi connectivity index (χ0v) is 19.5. The third-order valence-corrected chi connectivity index (χ3v) is 6.91. The molecular formula is C27H26FN3O4. The monoisotopic (exact) mass is 475 g/mol. The fourth-order valence-corrected chi connectivity index (χ4v) is 4.99. The van der Waals surface area contributed by atoms with E-state index in [4.69, 9.17) is 4.74 Å². The Balaban J connectivity index is 1.89. The normalized spacial score (nSPS) is 22.5. The molecule has 2 aliphatic heterocycles. The molecule has 180 valence electrons. The molecule has 2 atom stereocenters. The van der Waals surface area contributed by atoms with Crippen LogP contribution in [0.2, 0.25) is 0 Å². The highest BCUT2D eigenvalue weighted by molar-refractivity contribution is 5.96. The van der Waals surface area contributed by atoms with Gasteiger partial charge in [-0.25, -0.2) is 4.39 Å². The van der Waals surface area contributed by atoms with Crippen molar-refractivity contribution in [3.63, 3.8) is 0 Å². The Morgan fingerprint density at radius 1 is 1.11 bits per heavy atom. The predicted molar refractivity (Wildman–Crippen MR) is 130 cm³/mol. The van der Waals surface area contributed by atoms with E-state index < -0.39 is 28.4 Å². The minimum absolute atomic E-state index is 0.105. The Kier molecular flexibility index (Phi) is 5.59. The lowest BCUT2D eigenvalue weighted by atomic mass is 9.83. The number of para-hydroxylation sites is 1. The lowest BCUT2D eigenvalue weighted by molar-refractivity contribution is 0.0606. The van der Waals surface area contributed by atoms with Crippen LogP contribution in [-0.2, 0) is 5.54 Å². The average molecular weight is 476 g/mol. The van der Waals surface area contributed by atoms with Gasteiger partial charge in [0.25, 0.3) is 5.91 Å². The summed E-state index contributed by atoms with van der Waals surface area (Å²) in [5.41, 5.74) is -0.470. The predicted octanol–water partition coefficient (Wildman–Crippen LogP) is 3.74. The van der Waals surface area contributed by atoms with Crippen molar-refractivity contribution in [3.8, 4) is 11.5 Å². The molecule has 5 rings (SSSR count). The van der Waals surface area contributed by atoms with Gasteiger partial charge in [0.1, 0.15) is 18.8 Å². The number of halogens is 1. The van der Waals surface area contributed by atoms with E-state index in [-0.39, 0.29) is 30.8 Å². The van der Waals surface area contributed by atoms with Crippen molar-refractivity contribution >= 4 is 5.91 Å². The van der Waals surface area contributed by atoms with Gasteiger partial charge in [-0.1, -0.05) is 55.5 Å². The zero-order valence-electron chi connectivity index (χ0n) is 19.5. The molecule has 1 amide bonds. The number of hydrogen-bond acceptors (Lipinski definition) is 5. The van der Waals surface area contributed by atoms with Crippen LogP contribution in [0.3, 0.4) is 0 Å². The highest BCUT2D eigenvalue weighted by atomic mass is 19.1. The fourth-order valence-electron chi connectivity index (χ4n) is 4.99. The standard InChI is InChI=1S/C27H26FN3O4/c1-3-19-11-8-16-35-25-20(12-7-13-21(25)28)27(2,18-9-5-4-6-10-18)31-17-29(19)26(34)23-24(33)22(32)14-15-30(23)31/h4-15,19,33H,3,16-17H2,1-2H3/b11-8+/t19-,27+/m0/s1. The minimum Gasteiger partial charge on any atom is -0.502 e. The third-order valence-electron chi connectivity index (χ3n) is 6.91. The van der Waals surface area contributed by atoms with Gasteiger partial charge in [-0.05, 0) is 31.1 Å². The van der Waals surface area contributed by atoms with E-state index in [1.54, 1.807) is 23.1 Å². The third kappa shape index (κ3) is 3.48. The van der Waals surface area contributed by atoms with Gasteiger partial charge >= 0.3 is 0 Å². The molecule has 0 fully saturated rings. The summed E-state index contributed by atoms with van der Waals surface area (Å²) in [4.78, 5) is 27.6. The Hall–Kier alpha value is -4.07. The topological polar surface area (TPSA) is 75.0 Å². The van der Waals surface area contributed by atoms with E-state index in [0.717, 1.165) is 5.56 Å². The van der Waals surface area contributed by atoms with E-state index in [1.165, 1.54) is 23.0 Å². The van der Waals surface area contributed by atoms with Crippen LogP contribution in [0, 0.1) is 5.82 Å². The van der Waals surface area contributed by atoms with E-state index in [2.05, 4.69) is 0 Å². The number of amides is 1. The van der Waals surface area contributed by atoms with Crippen LogP contribution >= 0.6 is 0 Å². The first-order valence-electron chi connectivity index (χ1n) is 11.6. The fraction of sp³-hybridized carbons (Fsp3) is 0.259. The van der Waals surface area contributed by atoms with E-state index >= 15 is 4.39 Å². The highest BCUT2D eigenvalue weighted by Gasteiger charge is 2.46. The van der Waals surface area contributed by atoms with Crippen molar-refractivity contribution in [2.45, 2.75) is 31.8 Å². The second kappa shape index (κ2) is 8.61. The quantitative estimate of drug-likeness (QED) is 0.572. The van der Waals surface area contributed by atoms with Gasteiger partial charge in [0.2, 0.25) is 5.43 Å². The van der Waals surface area contributed by atoms with Gasteiger partial charge in [-0.3, -0.25) is 19.3 Å². The molecule has 7 nitrogen and oxygen atoms in total. The smallest absolute Gasteiger partial charge is 0.278 e. The molecule has 35 heavy (non-hydrogen) atoms. The number of rotatable bonds is 2. The molecule has 2 aliphatic rings. The first kappa shape index (κ1) is 22.7. The van der Waals surface area contributed by atoms with E-state index in [1.807, 2.05) is 55.3 Å². The van der Waals surface area contributed by atoms with Crippen LogP contribution in [0.4, 0.5) is 4.39 Å². The van der Waals surface area contributed by atoms with Gasteiger partial charge in [0.15, 0.2) is 23.0 Å². The molecule has 3 aromatic rings. The van der Waals surface area contributed by atoms with Crippen LogP contribution in [-0.4, -0.2) is 39.9 Å². The first-order valence-corrected chi connectivity index (χ1v) is 11.6. The summed E-state index contributed by atoms with van der Waals surface area (Å²) in [6.07, 6.45) is 5.68. The van der Waals surface area contributed by atoms with Crippen LogP contribution in [0.1, 0.15) is 41.9 Å². The Bertz CT molecular complexity index is 1370. The number of carbonyl (C=O) groups excluding carboxylic acids is 1. The molecule has 3 heterocycles. The summed E-state index contributed by atoms with van der Waals surface area (Å²) in [5, 5.41) is 12.6. The summed E-state index contributed by atoms with van der Waals surface area (Å²) >= 11 is 0. The van der Waals surface area contributed by atoms with Crippen LogP contribution in [0.25, 0.3) is 0 Å². The molecular weight excluding hydrogens is 449 g/mol. The van der Waals surface area contributed by atoms with Gasteiger partial charge < -0.3 is 14.7 Å². The largest absolute Gasteiger partial charge is 0.502 e. The summed E-state index contributed by atoms with van der Waals surface area (Å²) < 4.78 is 22.7. The molecule has 1 aromatic heterocycles. The van der Waals surface area contributed by atoms with Crippen molar-refractivity contribution in [2.24, 2.45) is 0 Å². The second-order valence-electron chi connectivity index (χ2n) is 8.81. The van der Waals surface area contributed by atoms with Gasteiger partial charge in [-0.15, -0.1) is 0 Å². The molecule has 0 saturated heterocycles. The van der Waals surface area contributed by atoms with Gasteiger partial charge in [0.05, 0.1) is 6.04 Å². The summed E-state index contributed by atoms with van der Waals surface area (Å²) in [6.45, 7) is 4.11. The van der Waals surface area contributed by atoms with Crippen molar-refractivity contribution in [1.29, 1.82) is 0 Å². The number of carbonyl (C=O) groups is 1. The SMILES string of the molecule is CC[C@H]1/C=C/COc2c(F)cccc2[C@@](C)(c2ccccc2)N2CN1C(=O)c1c(O)c(=O)ccn12. The maximum absolute atomic E-state index is 15.2. The van der Waals surface area contributed by atoms with Gasteiger partial charge in [0, 0.05) is 17.8 Å². The molecule has 0 radical (unpaired) electrons. The number of pyridine rings is 1. The Morgan fingerprint density at radius 3 is 2.63 bits per heavy atom. The Labute approximate surface area is 202 Å². The minimum atomic E-state index is -1.06. The van der Waals surface area contributed by atoms with E-state index in [0.29, 0.717) is 12.0 Å². The lowest BCUT2D eigenvalue weighted by Gasteiger charge is -2.50. The van der Waals surface area contributed by atoms with Gasteiger partial charge in [-0.2, -0.15) is 0 Å². The molecule has 0 unspecified atom stereocenters. The molecule has 8 heteroatoms. The number of benzene rings is 2. The maximum Gasteiger partial charge on any atom is 0.278 e. The summed E-state index contributed by atoms with van der Waals surface area (Å²) in [7, 11) is 0. The van der Waals surface area contributed by atoms with Crippen molar-refractivity contribution in [3.05, 3.63) is 106 Å². The number of hydrogen-bond donors (Lipinski definition) is 1. The van der Waals surface area contributed by atoms with E-state index in [9.17, 15) is 14.7 Å². The number of fused-ring (bicyclic) bond motifs is 5. The van der Waals surface area contributed by atoms with Crippen LogP contribution < -0.4 is 15.2 Å². The number of aromatic hydroxyl groups is 1. The van der Waals surface area contributed by atoms with Crippen LogP contribution in [0.15, 0.2) is 77.7 Å². The van der Waals surface area contributed by atoms with Crippen molar-refractivity contribution in [2.75, 3.05) is 18.3 Å². The van der Waals surface area contributed by atoms with Crippen LogP contribution in [0.5, 0.6) is 11.5 Å². The molecule has 0 saturated carbocycles. The summed E-state index contributed by atoms with van der Waals surface area (Å²) in [5.74, 6) is -1.47.